The molecule has 0 spiro atoms. The number of thiophene rings is 1. The molecule has 16 heavy (non-hydrogen) atoms. The summed E-state index contributed by atoms with van der Waals surface area (Å²) in [6.07, 6.45) is 0.821. The monoisotopic (exact) mass is 293 g/mol. The second-order valence-corrected chi connectivity index (χ2v) is 5.26. The van der Waals surface area contributed by atoms with E-state index in [1.54, 1.807) is 11.3 Å². The van der Waals surface area contributed by atoms with Crippen molar-refractivity contribution in [2.45, 2.75) is 6.42 Å². The molecule has 0 atom stereocenters. The number of pyridine rings is 1. The van der Waals surface area contributed by atoms with E-state index < -0.39 is 0 Å². The molecule has 0 saturated heterocycles. The Morgan fingerprint density at radius 1 is 1.19 bits per heavy atom. The van der Waals surface area contributed by atoms with Gasteiger partial charge < -0.3 is 0 Å². The third-order valence-corrected chi connectivity index (χ3v) is 3.86. The Morgan fingerprint density at radius 2 is 2.12 bits per heavy atom. The second kappa shape index (κ2) is 3.99. The fraction of sp³-hybridized carbons (Fsp3) is 0.0909. The molecule has 80 valence electrons. The highest BCUT2D eigenvalue weighted by molar-refractivity contribution is 9.10. The smallest absolute Gasteiger partial charge is 0.161 e. The molecule has 0 radical (unpaired) electrons. The summed E-state index contributed by atoms with van der Waals surface area (Å²) in [6, 6.07) is 10.1. The van der Waals surface area contributed by atoms with Crippen molar-refractivity contribution in [3.8, 4) is 0 Å². The Kier molecular flexibility index (Phi) is 2.49. The lowest BCUT2D eigenvalue weighted by molar-refractivity contribution is 0.934. The van der Waals surface area contributed by atoms with Gasteiger partial charge in [-0.25, -0.2) is 0 Å². The van der Waals surface area contributed by atoms with Gasteiger partial charge in [0.25, 0.3) is 0 Å². The van der Waals surface area contributed by atoms with E-state index in [2.05, 4.69) is 43.6 Å². The van der Waals surface area contributed by atoms with Crippen molar-refractivity contribution in [2.24, 2.45) is 0 Å². The van der Waals surface area contributed by atoms with Crippen LogP contribution in [0.3, 0.4) is 0 Å². The van der Waals surface area contributed by atoms with Gasteiger partial charge in [0.2, 0.25) is 0 Å². The van der Waals surface area contributed by atoms with Crippen molar-refractivity contribution >= 4 is 32.9 Å². The molecule has 0 fully saturated rings. The van der Waals surface area contributed by atoms with Crippen LogP contribution in [0.25, 0.3) is 5.65 Å². The summed E-state index contributed by atoms with van der Waals surface area (Å²) >= 11 is 5.26. The third kappa shape index (κ3) is 1.66. The predicted molar refractivity (Wildman–Crippen MR) is 67.8 cm³/mol. The molecule has 3 aromatic rings. The van der Waals surface area contributed by atoms with Gasteiger partial charge in [0, 0.05) is 11.3 Å². The summed E-state index contributed by atoms with van der Waals surface area (Å²) in [5.74, 6) is 0.963. The van der Waals surface area contributed by atoms with Crippen LogP contribution >= 0.6 is 27.3 Å². The zero-order valence-electron chi connectivity index (χ0n) is 8.30. The summed E-state index contributed by atoms with van der Waals surface area (Å²) < 4.78 is 3.02. The van der Waals surface area contributed by atoms with Crippen molar-refractivity contribution in [3.63, 3.8) is 0 Å². The van der Waals surface area contributed by atoms with Crippen LogP contribution in [0, 0.1) is 0 Å². The summed E-state index contributed by atoms with van der Waals surface area (Å²) in [6.45, 7) is 0. The average Bonchev–Trinajstić information content (AvgIpc) is 2.90. The fourth-order valence-electron chi connectivity index (χ4n) is 1.64. The summed E-state index contributed by atoms with van der Waals surface area (Å²) in [7, 11) is 0. The minimum atomic E-state index is 0.821. The Bertz CT molecular complexity index is 615. The maximum Gasteiger partial charge on any atom is 0.161 e. The van der Waals surface area contributed by atoms with Crippen molar-refractivity contribution in [3.05, 3.63) is 51.0 Å². The van der Waals surface area contributed by atoms with Crippen LogP contribution in [0.4, 0.5) is 0 Å². The third-order valence-electron chi connectivity index (χ3n) is 2.36. The van der Waals surface area contributed by atoms with E-state index in [0.717, 1.165) is 22.5 Å². The summed E-state index contributed by atoms with van der Waals surface area (Å²) in [4.78, 5) is 1.30. The highest BCUT2D eigenvalue weighted by Gasteiger charge is 2.08. The molecule has 3 aromatic heterocycles. The van der Waals surface area contributed by atoms with E-state index in [1.165, 1.54) is 4.88 Å². The van der Waals surface area contributed by atoms with Gasteiger partial charge in [-0.15, -0.1) is 21.5 Å². The number of rotatable bonds is 2. The molecular formula is C11H8BrN3S. The topological polar surface area (TPSA) is 30.2 Å². The van der Waals surface area contributed by atoms with Crippen LogP contribution < -0.4 is 0 Å². The van der Waals surface area contributed by atoms with Gasteiger partial charge in [-0.2, -0.15) is 0 Å². The Hall–Kier alpha value is -1.20. The highest BCUT2D eigenvalue weighted by atomic mass is 79.9. The lowest BCUT2D eigenvalue weighted by Gasteiger charge is -2.00. The SMILES string of the molecule is Brc1cccc2nnc(Cc3cccs3)n12. The van der Waals surface area contributed by atoms with Gasteiger partial charge in [0.1, 0.15) is 5.82 Å². The van der Waals surface area contributed by atoms with Crippen LogP contribution in [-0.4, -0.2) is 14.6 Å². The Morgan fingerprint density at radius 3 is 2.94 bits per heavy atom. The summed E-state index contributed by atoms with van der Waals surface area (Å²) in [5, 5.41) is 10.4. The minimum Gasteiger partial charge on any atom is -0.273 e. The zero-order valence-corrected chi connectivity index (χ0v) is 10.7. The molecule has 0 bridgehead atoms. The van der Waals surface area contributed by atoms with Crippen molar-refractivity contribution < 1.29 is 0 Å². The maximum atomic E-state index is 4.22. The van der Waals surface area contributed by atoms with E-state index in [4.69, 9.17) is 0 Å². The van der Waals surface area contributed by atoms with E-state index in [0.29, 0.717) is 0 Å². The molecule has 0 saturated carbocycles. The molecule has 0 aromatic carbocycles. The predicted octanol–water partition coefficient (Wildman–Crippen LogP) is 3.14. The lowest BCUT2D eigenvalue weighted by Crippen LogP contribution is -1.96. The molecule has 0 N–H and O–H groups in total. The largest absolute Gasteiger partial charge is 0.273 e. The quantitative estimate of drug-likeness (QED) is 0.680. The maximum absolute atomic E-state index is 4.22. The number of hydrogen-bond donors (Lipinski definition) is 0. The van der Waals surface area contributed by atoms with Crippen molar-refractivity contribution in [2.75, 3.05) is 0 Å². The van der Waals surface area contributed by atoms with Gasteiger partial charge >= 0.3 is 0 Å². The molecule has 0 aliphatic rings. The first-order chi connectivity index (χ1) is 7.84. The molecule has 3 heterocycles. The molecule has 5 heteroatoms. The van der Waals surface area contributed by atoms with Gasteiger partial charge in [-0.05, 0) is 39.5 Å². The molecule has 0 aliphatic carbocycles. The van der Waals surface area contributed by atoms with Crippen LogP contribution in [-0.2, 0) is 6.42 Å². The normalized spacial score (nSPS) is 11.1. The van der Waals surface area contributed by atoms with E-state index in [1.807, 2.05) is 22.6 Å². The molecule has 0 aliphatic heterocycles. The minimum absolute atomic E-state index is 0.821. The van der Waals surface area contributed by atoms with Crippen LogP contribution in [0.15, 0.2) is 40.3 Å². The van der Waals surface area contributed by atoms with Crippen LogP contribution in [0.1, 0.15) is 10.7 Å². The highest BCUT2D eigenvalue weighted by Crippen LogP contribution is 2.18. The fourth-order valence-corrected chi connectivity index (χ4v) is 2.88. The molecule has 3 rings (SSSR count). The second-order valence-electron chi connectivity index (χ2n) is 3.41. The van der Waals surface area contributed by atoms with Gasteiger partial charge in [0.15, 0.2) is 5.65 Å². The van der Waals surface area contributed by atoms with Crippen molar-refractivity contribution in [1.29, 1.82) is 0 Å². The molecule has 0 unspecified atom stereocenters. The number of nitrogens with zero attached hydrogens (tertiary/aromatic N) is 3. The van der Waals surface area contributed by atoms with Crippen molar-refractivity contribution in [1.82, 2.24) is 14.6 Å². The van der Waals surface area contributed by atoms with Crippen LogP contribution in [0.2, 0.25) is 0 Å². The molecular weight excluding hydrogens is 286 g/mol. The number of halogens is 1. The number of hydrogen-bond acceptors (Lipinski definition) is 3. The Balaban J connectivity index is 2.10. The summed E-state index contributed by atoms with van der Waals surface area (Å²) in [5.41, 5.74) is 0.876. The van der Waals surface area contributed by atoms with E-state index >= 15 is 0 Å². The first-order valence-electron chi connectivity index (χ1n) is 4.85. The van der Waals surface area contributed by atoms with E-state index in [-0.39, 0.29) is 0 Å². The number of fused-ring (bicyclic) bond motifs is 1. The van der Waals surface area contributed by atoms with Crippen LogP contribution in [0.5, 0.6) is 0 Å². The standard InChI is InChI=1S/C11H8BrN3S/c12-9-4-1-5-10-13-14-11(15(9)10)7-8-3-2-6-16-8/h1-6H,7H2. The Labute approximate surface area is 105 Å². The van der Waals surface area contributed by atoms with Gasteiger partial charge in [-0.1, -0.05) is 12.1 Å². The molecule has 0 amide bonds. The zero-order chi connectivity index (χ0) is 11.0. The molecule has 3 nitrogen and oxygen atoms in total. The van der Waals surface area contributed by atoms with Gasteiger partial charge in [0.05, 0.1) is 4.60 Å². The lowest BCUT2D eigenvalue weighted by atomic mass is 10.3. The van der Waals surface area contributed by atoms with Gasteiger partial charge in [-0.3, -0.25) is 4.40 Å². The first-order valence-corrected chi connectivity index (χ1v) is 6.53. The first kappa shape index (κ1) is 9.99. The van der Waals surface area contributed by atoms with E-state index in [9.17, 15) is 0 Å². The number of aromatic nitrogens is 3. The average molecular weight is 294 g/mol.